The van der Waals surface area contributed by atoms with Gasteiger partial charge >= 0.3 is 0 Å². The van der Waals surface area contributed by atoms with E-state index in [9.17, 15) is 0 Å². The van der Waals surface area contributed by atoms with Crippen molar-refractivity contribution in [2.24, 2.45) is 11.8 Å². The van der Waals surface area contributed by atoms with E-state index in [2.05, 4.69) is 0 Å². The van der Waals surface area contributed by atoms with Crippen LogP contribution in [0, 0.1) is 11.8 Å². The first-order chi connectivity index (χ1) is 6.42. The molecule has 2 aliphatic carbocycles. The van der Waals surface area contributed by atoms with Gasteiger partial charge in [0.25, 0.3) is 0 Å². The van der Waals surface area contributed by atoms with Crippen LogP contribution >= 0.6 is 0 Å². The second kappa shape index (κ2) is 3.27. The second-order valence-electron chi connectivity index (χ2n) is 5.23. The summed E-state index contributed by atoms with van der Waals surface area (Å²) in [6.45, 7) is 0. The molecule has 4 rings (SSSR count). The van der Waals surface area contributed by atoms with Crippen LogP contribution in [0.2, 0.25) is 0 Å². The summed E-state index contributed by atoms with van der Waals surface area (Å²) in [5.41, 5.74) is 0. The Kier molecular flexibility index (Phi) is 2.08. The number of hydrogen-bond acceptors (Lipinski definition) is 1. The standard InChI is InChI=1S/C12H20O/c1-2-4-10-7-12-8-11(13-12)6-5-9(10)3-1/h9-12H,1-8H2. The average molecular weight is 180 g/mol. The molecule has 2 aliphatic heterocycles. The molecule has 4 unspecified atom stereocenters. The Bertz CT molecular complexity index is 184. The molecule has 0 aromatic heterocycles. The summed E-state index contributed by atoms with van der Waals surface area (Å²) in [4.78, 5) is 0. The molecule has 74 valence electrons. The maximum Gasteiger partial charge on any atom is 0.0606 e. The fraction of sp³-hybridized carbons (Fsp3) is 1.00. The Labute approximate surface area is 80.8 Å². The maximum absolute atomic E-state index is 5.83. The fourth-order valence-electron chi connectivity index (χ4n) is 3.60. The van der Waals surface area contributed by atoms with Crippen molar-refractivity contribution in [3.05, 3.63) is 0 Å². The number of hydrogen-bond donors (Lipinski definition) is 0. The molecule has 2 heterocycles. The van der Waals surface area contributed by atoms with Gasteiger partial charge in [-0.25, -0.2) is 0 Å². The van der Waals surface area contributed by atoms with Crippen molar-refractivity contribution in [2.45, 2.75) is 63.6 Å². The highest BCUT2D eigenvalue weighted by Gasteiger charge is 2.38. The summed E-state index contributed by atoms with van der Waals surface area (Å²) in [5.74, 6) is 2.10. The lowest BCUT2D eigenvalue weighted by Gasteiger charge is -2.45. The summed E-state index contributed by atoms with van der Waals surface area (Å²) >= 11 is 0. The molecule has 0 radical (unpaired) electrons. The van der Waals surface area contributed by atoms with Crippen LogP contribution in [0.3, 0.4) is 0 Å². The summed E-state index contributed by atoms with van der Waals surface area (Å²) in [6, 6.07) is 0. The van der Waals surface area contributed by atoms with E-state index in [1.165, 1.54) is 51.4 Å². The van der Waals surface area contributed by atoms with Crippen LogP contribution < -0.4 is 0 Å². The highest BCUT2D eigenvalue weighted by Crippen LogP contribution is 2.43. The normalized spacial score (nSPS) is 49.8. The molecule has 0 aromatic rings. The summed E-state index contributed by atoms with van der Waals surface area (Å²) < 4.78 is 5.83. The molecule has 1 nitrogen and oxygen atoms in total. The molecule has 2 saturated heterocycles. The van der Waals surface area contributed by atoms with E-state index < -0.39 is 0 Å². The number of ether oxygens (including phenoxy) is 1. The third-order valence-corrected chi connectivity index (χ3v) is 4.40. The quantitative estimate of drug-likeness (QED) is 0.556. The monoisotopic (exact) mass is 180 g/mol. The summed E-state index contributed by atoms with van der Waals surface area (Å²) in [6.07, 6.45) is 12.9. The molecule has 2 bridgehead atoms. The largest absolute Gasteiger partial charge is 0.375 e. The van der Waals surface area contributed by atoms with Crippen molar-refractivity contribution in [1.82, 2.24) is 0 Å². The molecular weight excluding hydrogens is 160 g/mol. The van der Waals surface area contributed by atoms with Gasteiger partial charge in [0.2, 0.25) is 0 Å². The highest BCUT2D eigenvalue weighted by molar-refractivity contribution is 4.88. The Balaban J connectivity index is 1.68. The van der Waals surface area contributed by atoms with Gasteiger partial charge in [0, 0.05) is 0 Å². The highest BCUT2D eigenvalue weighted by atomic mass is 16.5. The van der Waals surface area contributed by atoms with E-state index >= 15 is 0 Å². The zero-order chi connectivity index (χ0) is 8.67. The summed E-state index contributed by atoms with van der Waals surface area (Å²) in [7, 11) is 0. The second-order valence-corrected chi connectivity index (χ2v) is 5.23. The Hall–Kier alpha value is -0.0400. The lowest BCUT2D eigenvalue weighted by atomic mass is 9.70. The van der Waals surface area contributed by atoms with E-state index in [1.807, 2.05) is 0 Å². The van der Waals surface area contributed by atoms with Gasteiger partial charge in [-0.15, -0.1) is 0 Å². The van der Waals surface area contributed by atoms with Crippen LogP contribution in [0.4, 0.5) is 0 Å². The predicted molar refractivity (Wildman–Crippen MR) is 52.6 cm³/mol. The minimum atomic E-state index is 0.660. The molecule has 0 N–H and O–H groups in total. The van der Waals surface area contributed by atoms with Gasteiger partial charge in [-0.3, -0.25) is 0 Å². The Morgan fingerprint density at radius 2 is 1.46 bits per heavy atom. The zero-order valence-electron chi connectivity index (χ0n) is 8.37. The fourth-order valence-corrected chi connectivity index (χ4v) is 3.60. The zero-order valence-corrected chi connectivity index (χ0v) is 8.37. The van der Waals surface area contributed by atoms with Crippen molar-refractivity contribution in [1.29, 1.82) is 0 Å². The summed E-state index contributed by atoms with van der Waals surface area (Å²) in [5, 5.41) is 0. The SMILES string of the molecule is C1CCC2CC3CC(CCC2C1)O3. The predicted octanol–water partition coefficient (Wildman–Crippen LogP) is 3.13. The first-order valence-corrected chi connectivity index (χ1v) is 6.07. The van der Waals surface area contributed by atoms with Crippen LogP contribution in [0.1, 0.15) is 51.4 Å². The van der Waals surface area contributed by atoms with Gasteiger partial charge < -0.3 is 4.74 Å². The minimum absolute atomic E-state index is 0.660. The van der Waals surface area contributed by atoms with Crippen LogP contribution in [0.15, 0.2) is 0 Å². The van der Waals surface area contributed by atoms with Crippen molar-refractivity contribution in [3.63, 3.8) is 0 Å². The first kappa shape index (κ1) is 8.28. The van der Waals surface area contributed by atoms with Gasteiger partial charge in [0.15, 0.2) is 0 Å². The molecule has 1 heteroatoms. The third-order valence-electron chi connectivity index (χ3n) is 4.40. The smallest absolute Gasteiger partial charge is 0.0606 e. The number of rotatable bonds is 0. The van der Waals surface area contributed by atoms with Crippen molar-refractivity contribution < 1.29 is 4.74 Å². The van der Waals surface area contributed by atoms with E-state index in [-0.39, 0.29) is 0 Å². The minimum Gasteiger partial charge on any atom is -0.375 e. The van der Waals surface area contributed by atoms with Gasteiger partial charge in [-0.05, 0) is 37.5 Å². The Morgan fingerprint density at radius 3 is 2.31 bits per heavy atom. The molecule has 0 aromatic carbocycles. The topological polar surface area (TPSA) is 9.23 Å². The average Bonchev–Trinajstić information content (AvgIpc) is 2.02. The maximum atomic E-state index is 5.83. The molecular formula is C12H20O. The van der Waals surface area contributed by atoms with E-state index in [4.69, 9.17) is 4.74 Å². The van der Waals surface area contributed by atoms with Gasteiger partial charge in [-0.1, -0.05) is 25.7 Å². The van der Waals surface area contributed by atoms with Crippen LogP contribution in [-0.2, 0) is 4.74 Å². The van der Waals surface area contributed by atoms with E-state index in [1.54, 1.807) is 0 Å². The molecule has 4 atom stereocenters. The van der Waals surface area contributed by atoms with Gasteiger partial charge in [-0.2, -0.15) is 0 Å². The third kappa shape index (κ3) is 1.52. The lowest BCUT2D eigenvalue weighted by Crippen LogP contribution is -2.42. The van der Waals surface area contributed by atoms with Gasteiger partial charge in [0.1, 0.15) is 0 Å². The Morgan fingerprint density at radius 1 is 0.692 bits per heavy atom. The number of fused-ring (bicyclic) bond motifs is 1. The molecule has 2 saturated carbocycles. The van der Waals surface area contributed by atoms with Crippen LogP contribution in [-0.4, -0.2) is 12.2 Å². The van der Waals surface area contributed by atoms with Crippen molar-refractivity contribution in [2.75, 3.05) is 0 Å². The molecule has 4 aliphatic rings. The van der Waals surface area contributed by atoms with Gasteiger partial charge in [0.05, 0.1) is 12.2 Å². The van der Waals surface area contributed by atoms with Crippen molar-refractivity contribution >= 4 is 0 Å². The molecule has 0 spiro atoms. The van der Waals surface area contributed by atoms with Crippen molar-refractivity contribution in [3.8, 4) is 0 Å². The molecule has 0 amide bonds. The van der Waals surface area contributed by atoms with Crippen LogP contribution in [0.5, 0.6) is 0 Å². The lowest BCUT2D eigenvalue weighted by molar-refractivity contribution is -0.152. The molecule has 4 fully saturated rings. The first-order valence-electron chi connectivity index (χ1n) is 6.07. The van der Waals surface area contributed by atoms with E-state index in [0.29, 0.717) is 12.2 Å². The molecule has 13 heavy (non-hydrogen) atoms. The van der Waals surface area contributed by atoms with E-state index in [0.717, 1.165) is 11.8 Å². The van der Waals surface area contributed by atoms with Crippen LogP contribution in [0.25, 0.3) is 0 Å².